The van der Waals surface area contributed by atoms with Crippen molar-refractivity contribution in [1.29, 1.82) is 0 Å². The van der Waals surface area contributed by atoms with Gasteiger partial charge in [-0.1, -0.05) is 30.3 Å². The second kappa shape index (κ2) is 5.91. The van der Waals surface area contributed by atoms with Crippen LogP contribution in [0, 0.1) is 0 Å². The highest BCUT2D eigenvalue weighted by Gasteiger charge is 2.18. The lowest BCUT2D eigenvalue weighted by molar-refractivity contribution is 0.0512. The third kappa shape index (κ3) is 2.66. The summed E-state index contributed by atoms with van der Waals surface area (Å²) >= 11 is 0. The minimum Gasteiger partial charge on any atom is -0.460 e. The van der Waals surface area contributed by atoms with E-state index in [2.05, 4.69) is 9.97 Å². The van der Waals surface area contributed by atoms with Gasteiger partial charge in [0.05, 0.1) is 19.3 Å². The molecule has 0 aliphatic heterocycles. The summed E-state index contributed by atoms with van der Waals surface area (Å²) in [7, 11) is 0. The third-order valence-corrected chi connectivity index (χ3v) is 3.34. The number of nitrogens with zero attached hydrogens (tertiary/aromatic N) is 4. The number of nitrogens with two attached hydrogens (primary N) is 1. The first-order valence-corrected chi connectivity index (χ1v) is 7.06. The van der Waals surface area contributed by atoms with Crippen LogP contribution in [-0.4, -0.2) is 31.8 Å². The monoisotopic (exact) mass is 313 g/mol. The summed E-state index contributed by atoms with van der Waals surface area (Å²) in [5.41, 5.74) is 1.12. The molecule has 2 heterocycles. The molecule has 23 heavy (non-hydrogen) atoms. The number of esters is 1. The summed E-state index contributed by atoms with van der Waals surface area (Å²) in [4.78, 5) is 32.2. The predicted molar refractivity (Wildman–Crippen MR) is 83.4 cm³/mol. The van der Waals surface area contributed by atoms with Crippen LogP contribution in [-0.2, 0) is 11.3 Å². The molecule has 3 aromatic rings. The van der Waals surface area contributed by atoms with Gasteiger partial charge in [-0.2, -0.15) is 0 Å². The van der Waals surface area contributed by atoms with Gasteiger partial charge >= 0.3 is 11.7 Å². The Labute approximate surface area is 131 Å². The number of fused-ring (bicyclic) bond motifs is 1. The van der Waals surface area contributed by atoms with E-state index in [1.807, 2.05) is 30.3 Å². The second-order valence-electron chi connectivity index (χ2n) is 4.85. The summed E-state index contributed by atoms with van der Waals surface area (Å²) < 4.78 is 7.25. The quantitative estimate of drug-likeness (QED) is 0.556. The Morgan fingerprint density at radius 2 is 2.04 bits per heavy atom. The number of nitrogen functional groups attached to an aromatic ring is 1. The molecule has 0 atom stereocenters. The number of aromatic nitrogens is 4. The topological polar surface area (TPSA) is 105 Å². The Kier molecular flexibility index (Phi) is 3.80. The summed E-state index contributed by atoms with van der Waals surface area (Å²) in [6.07, 6.45) is 1.34. The zero-order chi connectivity index (χ0) is 16.4. The molecule has 0 radical (unpaired) electrons. The highest BCUT2D eigenvalue weighted by atomic mass is 16.5. The van der Waals surface area contributed by atoms with E-state index in [1.165, 1.54) is 10.8 Å². The van der Waals surface area contributed by atoms with Crippen LogP contribution >= 0.6 is 0 Å². The largest absolute Gasteiger partial charge is 0.460 e. The third-order valence-electron chi connectivity index (χ3n) is 3.34. The molecule has 1 aromatic carbocycles. The summed E-state index contributed by atoms with van der Waals surface area (Å²) in [6, 6.07) is 9.42. The summed E-state index contributed by atoms with van der Waals surface area (Å²) in [6.45, 7) is 2.20. The number of rotatable bonds is 4. The van der Waals surface area contributed by atoms with Crippen LogP contribution in [0.25, 0.3) is 11.2 Å². The van der Waals surface area contributed by atoms with E-state index in [1.54, 1.807) is 6.92 Å². The minimum absolute atomic E-state index is 0.105. The lowest BCUT2D eigenvalue weighted by atomic mass is 10.2. The standard InChI is InChI=1S/C15H15N5O3/c1-2-23-14(21)12-17-8-11-13(18-12)19(15(22)20(11)16)9-10-6-4-3-5-7-10/h3-8H,2,9,16H2,1H3. The van der Waals surface area contributed by atoms with Gasteiger partial charge in [0, 0.05) is 0 Å². The maximum absolute atomic E-state index is 12.3. The molecule has 0 saturated carbocycles. The molecule has 118 valence electrons. The lowest BCUT2D eigenvalue weighted by Crippen LogP contribution is -2.29. The highest BCUT2D eigenvalue weighted by Crippen LogP contribution is 2.11. The predicted octanol–water partition coefficient (Wildman–Crippen LogP) is 0.532. The van der Waals surface area contributed by atoms with Crippen LogP contribution < -0.4 is 11.5 Å². The van der Waals surface area contributed by atoms with Gasteiger partial charge in [0.2, 0.25) is 5.82 Å². The number of hydrogen-bond donors (Lipinski definition) is 1. The smallest absolute Gasteiger partial charge is 0.376 e. The number of imidazole rings is 1. The molecular formula is C15H15N5O3. The molecule has 0 spiro atoms. The number of carbonyl (C=O) groups is 1. The molecule has 2 aromatic heterocycles. The van der Waals surface area contributed by atoms with Crippen LogP contribution in [0.1, 0.15) is 23.1 Å². The van der Waals surface area contributed by atoms with Crippen molar-refractivity contribution in [3.63, 3.8) is 0 Å². The number of carbonyl (C=O) groups excluding carboxylic acids is 1. The van der Waals surface area contributed by atoms with E-state index in [0.717, 1.165) is 10.2 Å². The Hall–Kier alpha value is -3.16. The van der Waals surface area contributed by atoms with E-state index in [9.17, 15) is 9.59 Å². The van der Waals surface area contributed by atoms with Gasteiger partial charge in [-0.05, 0) is 12.5 Å². The van der Waals surface area contributed by atoms with E-state index >= 15 is 0 Å². The molecule has 2 N–H and O–H groups in total. The maximum Gasteiger partial charge on any atom is 0.376 e. The number of hydrogen-bond acceptors (Lipinski definition) is 6. The van der Waals surface area contributed by atoms with Gasteiger partial charge in [0.1, 0.15) is 5.52 Å². The Balaban J connectivity index is 2.12. The van der Waals surface area contributed by atoms with Crippen molar-refractivity contribution in [2.45, 2.75) is 13.5 Å². The molecule has 0 aliphatic carbocycles. The fourth-order valence-electron chi connectivity index (χ4n) is 2.26. The molecule has 0 bridgehead atoms. The minimum atomic E-state index is -0.641. The Morgan fingerprint density at radius 1 is 1.30 bits per heavy atom. The number of ether oxygens (including phenoxy) is 1. The van der Waals surface area contributed by atoms with Gasteiger partial charge in [-0.25, -0.2) is 24.2 Å². The Bertz CT molecular complexity index is 914. The molecule has 0 amide bonds. The van der Waals surface area contributed by atoms with Gasteiger partial charge < -0.3 is 10.6 Å². The van der Waals surface area contributed by atoms with Crippen LogP contribution in [0.3, 0.4) is 0 Å². The van der Waals surface area contributed by atoms with Crippen LogP contribution in [0.15, 0.2) is 41.3 Å². The highest BCUT2D eigenvalue weighted by molar-refractivity contribution is 5.87. The van der Waals surface area contributed by atoms with E-state index < -0.39 is 11.7 Å². The van der Waals surface area contributed by atoms with Crippen molar-refractivity contribution in [2.75, 3.05) is 12.4 Å². The van der Waals surface area contributed by atoms with Crippen LogP contribution in [0.4, 0.5) is 0 Å². The van der Waals surface area contributed by atoms with Gasteiger partial charge in [-0.3, -0.25) is 4.57 Å². The fourth-order valence-corrected chi connectivity index (χ4v) is 2.26. The summed E-state index contributed by atoms with van der Waals surface area (Å²) in [5.74, 6) is 5.02. The average Bonchev–Trinajstić information content (AvgIpc) is 2.81. The van der Waals surface area contributed by atoms with Crippen molar-refractivity contribution >= 4 is 17.1 Å². The molecular weight excluding hydrogens is 298 g/mol. The van der Waals surface area contributed by atoms with Gasteiger partial charge in [0.15, 0.2) is 5.65 Å². The molecule has 0 fully saturated rings. The first-order chi connectivity index (χ1) is 11.1. The molecule has 8 nitrogen and oxygen atoms in total. The maximum atomic E-state index is 12.3. The zero-order valence-corrected chi connectivity index (χ0v) is 12.5. The molecule has 3 rings (SSSR count). The van der Waals surface area contributed by atoms with E-state index in [-0.39, 0.29) is 12.4 Å². The van der Waals surface area contributed by atoms with Crippen molar-refractivity contribution in [3.8, 4) is 0 Å². The van der Waals surface area contributed by atoms with E-state index in [4.69, 9.17) is 10.6 Å². The van der Waals surface area contributed by atoms with Crippen LogP contribution in [0.5, 0.6) is 0 Å². The van der Waals surface area contributed by atoms with Gasteiger partial charge in [-0.15, -0.1) is 0 Å². The first kappa shape index (κ1) is 14.8. The van der Waals surface area contributed by atoms with Gasteiger partial charge in [0.25, 0.3) is 0 Å². The van der Waals surface area contributed by atoms with Crippen LogP contribution in [0.2, 0.25) is 0 Å². The normalized spacial score (nSPS) is 10.8. The van der Waals surface area contributed by atoms with Crippen molar-refractivity contribution in [3.05, 3.63) is 58.4 Å². The second-order valence-corrected chi connectivity index (χ2v) is 4.85. The van der Waals surface area contributed by atoms with Crippen molar-refractivity contribution in [2.24, 2.45) is 0 Å². The molecule has 8 heteroatoms. The number of benzene rings is 1. The Morgan fingerprint density at radius 3 is 2.74 bits per heavy atom. The average molecular weight is 313 g/mol. The fraction of sp³-hybridized carbons (Fsp3) is 0.200. The molecule has 0 aliphatic rings. The van der Waals surface area contributed by atoms with Crippen molar-refractivity contribution < 1.29 is 9.53 Å². The van der Waals surface area contributed by atoms with Crippen molar-refractivity contribution in [1.82, 2.24) is 19.2 Å². The van der Waals surface area contributed by atoms with E-state index in [0.29, 0.717) is 17.7 Å². The lowest BCUT2D eigenvalue weighted by Gasteiger charge is -2.04. The SMILES string of the molecule is CCOC(=O)c1ncc2c(n1)n(Cc1ccccc1)c(=O)n2N. The first-order valence-electron chi connectivity index (χ1n) is 7.06. The summed E-state index contributed by atoms with van der Waals surface area (Å²) in [5, 5.41) is 0. The molecule has 0 saturated heterocycles. The molecule has 0 unspecified atom stereocenters. The zero-order valence-electron chi connectivity index (χ0n) is 12.5.